The van der Waals surface area contributed by atoms with Gasteiger partial charge in [0.15, 0.2) is 10.1 Å². The predicted molar refractivity (Wildman–Crippen MR) is 113 cm³/mol. The molecule has 0 saturated carbocycles. The molecular weight excluding hydrogens is 457 g/mol. The molecule has 0 atom stereocenters. The number of carboxylic acid groups (broad SMARTS) is 1. The first-order chi connectivity index (χ1) is 13.8. The van der Waals surface area contributed by atoms with Crippen molar-refractivity contribution < 1.29 is 19.5 Å². The molecule has 2 aromatic carbocycles. The third-order valence-corrected chi connectivity index (χ3v) is 6.11. The maximum Gasteiger partial charge on any atom is 0.336 e. The van der Waals surface area contributed by atoms with Crippen molar-refractivity contribution >= 4 is 69.1 Å². The van der Waals surface area contributed by atoms with Gasteiger partial charge in [-0.05, 0) is 30.3 Å². The highest BCUT2D eigenvalue weighted by molar-refractivity contribution is 8.01. The van der Waals surface area contributed by atoms with Crippen LogP contribution in [0, 0.1) is 0 Å². The number of ketones is 1. The Kier molecular flexibility index (Phi) is 6.86. The molecule has 0 fully saturated rings. The summed E-state index contributed by atoms with van der Waals surface area (Å²) in [5.41, 5.74) is 0.249. The molecule has 1 aromatic heterocycles. The largest absolute Gasteiger partial charge is 0.478 e. The zero-order valence-corrected chi connectivity index (χ0v) is 17.5. The van der Waals surface area contributed by atoms with E-state index in [4.69, 9.17) is 23.2 Å². The minimum absolute atomic E-state index is 0.0111. The van der Waals surface area contributed by atoms with E-state index in [2.05, 4.69) is 15.5 Å². The number of thioether (sulfide) groups is 1. The molecule has 0 radical (unpaired) electrons. The molecule has 11 heteroatoms. The summed E-state index contributed by atoms with van der Waals surface area (Å²) < 4.78 is 0.463. The SMILES string of the molecule is O=C(CSc1nnc(NC(=O)c2ccccc2C(=O)O)s1)c1ccc(Cl)cc1Cl. The van der Waals surface area contributed by atoms with Crippen LogP contribution >= 0.6 is 46.3 Å². The van der Waals surface area contributed by atoms with Crippen LogP contribution < -0.4 is 5.32 Å². The van der Waals surface area contributed by atoms with Crippen molar-refractivity contribution in [3.8, 4) is 0 Å². The lowest BCUT2D eigenvalue weighted by molar-refractivity contribution is 0.0692. The third kappa shape index (κ3) is 5.33. The van der Waals surface area contributed by atoms with Gasteiger partial charge in [-0.15, -0.1) is 10.2 Å². The lowest BCUT2D eigenvalue weighted by Gasteiger charge is -2.04. The van der Waals surface area contributed by atoms with Crippen molar-refractivity contribution in [2.24, 2.45) is 0 Å². The van der Waals surface area contributed by atoms with E-state index in [1.807, 2.05) is 0 Å². The Hall–Kier alpha value is -2.46. The molecule has 0 unspecified atom stereocenters. The van der Waals surface area contributed by atoms with E-state index < -0.39 is 11.9 Å². The quantitative estimate of drug-likeness (QED) is 0.292. The lowest BCUT2D eigenvalue weighted by Crippen LogP contribution is -2.16. The summed E-state index contributed by atoms with van der Waals surface area (Å²) in [6.07, 6.45) is 0. The van der Waals surface area contributed by atoms with Gasteiger partial charge in [-0.2, -0.15) is 0 Å². The van der Waals surface area contributed by atoms with Crippen LogP contribution in [0.25, 0.3) is 0 Å². The summed E-state index contributed by atoms with van der Waals surface area (Å²) in [6.45, 7) is 0. The van der Waals surface area contributed by atoms with Crippen LogP contribution in [0.1, 0.15) is 31.1 Å². The molecule has 148 valence electrons. The molecule has 0 aliphatic rings. The van der Waals surface area contributed by atoms with E-state index in [-0.39, 0.29) is 32.8 Å². The summed E-state index contributed by atoms with van der Waals surface area (Å²) in [7, 11) is 0. The second-order valence-electron chi connectivity index (χ2n) is 5.51. The van der Waals surface area contributed by atoms with Crippen LogP contribution in [0.2, 0.25) is 10.0 Å². The monoisotopic (exact) mass is 467 g/mol. The van der Waals surface area contributed by atoms with Gasteiger partial charge in [0.2, 0.25) is 5.13 Å². The van der Waals surface area contributed by atoms with Crippen LogP contribution in [-0.2, 0) is 0 Å². The number of amides is 1. The fourth-order valence-electron chi connectivity index (χ4n) is 2.27. The Morgan fingerprint density at radius 3 is 2.45 bits per heavy atom. The summed E-state index contributed by atoms with van der Waals surface area (Å²) in [5, 5.41) is 20.4. The van der Waals surface area contributed by atoms with Gasteiger partial charge in [-0.25, -0.2) is 4.79 Å². The van der Waals surface area contributed by atoms with Gasteiger partial charge in [0, 0.05) is 10.6 Å². The van der Waals surface area contributed by atoms with Gasteiger partial charge in [-0.1, -0.05) is 58.4 Å². The normalized spacial score (nSPS) is 10.6. The molecular formula is C18H11Cl2N3O4S2. The highest BCUT2D eigenvalue weighted by Crippen LogP contribution is 2.28. The zero-order chi connectivity index (χ0) is 21.0. The lowest BCUT2D eigenvalue weighted by atomic mass is 10.1. The first kappa shape index (κ1) is 21.3. The number of hydrogen-bond donors (Lipinski definition) is 2. The third-order valence-electron chi connectivity index (χ3n) is 3.59. The number of carbonyl (C=O) groups excluding carboxylic acids is 2. The molecule has 7 nitrogen and oxygen atoms in total. The molecule has 1 amide bonds. The first-order valence-corrected chi connectivity index (χ1v) is 10.5. The molecule has 1 heterocycles. The Balaban J connectivity index is 1.63. The molecule has 0 bridgehead atoms. The topological polar surface area (TPSA) is 109 Å². The minimum Gasteiger partial charge on any atom is -0.478 e. The molecule has 3 aromatic rings. The number of nitrogens with zero attached hydrogens (tertiary/aromatic N) is 2. The van der Waals surface area contributed by atoms with Gasteiger partial charge in [0.1, 0.15) is 0 Å². The van der Waals surface area contributed by atoms with Crippen LogP contribution in [0.4, 0.5) is 5.13 Å². The van der Waals surface area contributed by atoms with Gasteiger partial charge < -0.3 is 5.11 Å². The van der Waals surface area contributed by atoms with Crippen molar-refractivity contribution in [3.05, 3.63) is 69.2 Å². The highest BCUT2D eigenvalue weighted by atomic mass is 35.5. The maximum absolute atomic E-state index is 12.3. The van der Waals surface area contributed by atoms with Crippen molar-refractivity contribution in [3.63, 3.8) is 0 Å². The zero-order valence-electron chi connectivity index (χ0n) is 14.4. The summed E-state index contributed by atoms with van der Waals surface area (Å²) >= 11 is 14.1. The van der Waals surface area contributed by atoms with Crippen molar-refractivity contribution in [1.29, 1.82) is 0 Å². The number of halogens is 2. The van der Waals surface area contributed by atoms with E-state index in [0.717, 1.165) is 23.1 Å². The van der Waals surface area contributed by atoms with Gasteiger partial charge in [-0.3, -0.25) is 14.9 Å². The fourth-order valence-corrected chi connectivity index (χ4v) is 4.42. The first-order valence-electron chi connectivity index (χ1n) is 7.93. The average molecular weight is 468 g/mol. The number of carbonyl (C=O) groups is 3. The molecule has 2 N–H and O–H groups in total. The average Bonchev–Trinajstić information content (AvgIpc) is 3.13. The van der Waals surface area contributed by atoms with E-state index in [1.54, 1.807) is 18.2 Å². The number of nitrogens with one attached hydrogen (secondary N) is 1. The number of aromatic carboxylic acids is 1. The summed E-state index contributed by atoms with van der Waals surface area (Å²) in [6, 6.07) is 10.5. The van der Waals surface area contributed by atoms with Crippen LogP contribution in [0.3, 0.4) is 0 Å². The van der Waals surface area contributed by atoms with Crippen molar-refractivity contribution in [2.75, 3.05) is 11.1 Å². The number of hydrogen-bond acceptors (Lipinski definition) is 7. The fraction of sp³-hybridized carbons (Fsp3) is 0.0556. The second kappa shape index (κ2) is 9.36. The molecule has 0 spiro atoms. The van der Waals surface area contributed by atoms with E-state index >= 15 is 0 Å². The predicted octanol–water partition coefficient (Wildman–Crippen LogP) is 4.77. The van der Waals surface area contributed by atoms with Gasteiger partial charge >= 0.3 is 5.97 Å². The second-order valence-corrected chi connectivity index (χ2v) is 8.56. The van der Waals surface area contributed by atoms with Crippen LogP contribution in [0.15, 0.2) is 46.8 Å². The highest BCUT2D eigenvalue weighted by Gasteiger charge is 2.18. The molecule has 3 rings (SSSR count). The number of carboxylic acids is 1. The van der Waals surface area contributed by atoms with E-state index in [1.165, 1.54) is 24.3 Å². The Morgan fingerprint density at radius 2 is 1.76 bits per heavy atom. The number of aromatic nitrogens is 2. The smallest absolute Gasteiger partial charge is 0.336 e. The Bertz CT molecular complexity index is 1100. The Labute approximate surface area is 183 Å². The molecule has 29 heavy (non-hydrogen) atoms. The van der Waals surface area contributed by atoms with Crippen molar-refractivity contribution in [2.45, 2.75) is 4.34 Å². The maximum atomic E-state index is 12.3. The number of anilines is 1. The van der Waals surface area contributed by atoms with Crippen LogP contribution in [0.5, 0.6) is 0 Å². The van der Waals surface area contributed by atoms with E-state index in [0.29, 0.717) is 14.9 Å². The Morgan fingerprint density at radius 1 is 1.03 bits per heavy atom. The number of Topliss-reactive ketones (excluding diaryl/α,β-unsaturated/α-hetero) is 1. The van der Waals surface area contributed by atoms with E-state index in [9.17, 15) is 19.5 Å². The molecule has 0 aliphatic carbocycles. The van der Waals surface area contributed by atoms with Gasteiger partial charge in [0.05, 0.1) is 21.9 Å². The standard InChI is InChI=1S/C18H11Cl2N3O4S2/c19-9-5-6-12(13(20)7-9)14(24)8-28-18-23-22-17(29-18)21-15(25)10-3-1-2-4-11(10)16(26)27/h1-7H,8H2,(H,26,27)(H,21,22,25). The number of benzene rings is 2. The van der Waals surface area contributed by atoms with Crippen LogP contribution in [-0.4, -0.2) is 38.7 Å². The molecule has 0 aliphatic heterocycles. The summed E-state index contributed by atoms with van der Waals surface area (Å²) in [5.74, 6) is -1.94. The summed E-state index contributed by atoms with van der Waals surface area (Å²) in [4.78, 5) is 35.9. The van der Waals surface area contributed by atoms with Crippen molar-refractivity contribution in [1.82, 2.24) is 10.2 Å². The minimum atomic E-state index is -1.20. The molecule has 0 saturated heterocycles. The van der Waals surface area contributed by atoms with Gasteiger partial charge in [0.25, 0.3) is 5.91 Å². The number of rotatable bonds is 7.